The van der Waals surface area contributed by atoms with E-state index in [1.165, 1.54) is 42.1 Å². The summed E-state index contributed by atoms with van der Waals surface area (Å²) in [6.07, 6.45) is -3.94. The van der Waals surface area contributed by atoms with Gasteiger partial charge in [-0.05, 0) is 62.4 Å². The number of halogens is 3. The molecule has 3 aromatic rings. The summed E-state index contributed by atoms with van der Waals surface area (Å²) in [5.74, 6) is -2.11. The van der Waals surface area contributed by atoms with Crippen molar-refractivity contribution in [2.75, 3.05) is 11.6 Å². The fourth-order valence-corrected chi connectivity index (χ4v) is 3.38. The van der Waals surface area contributed by atoms with Crippen LogP contribution in [0, 0.1) is 11.3 Å². The summed E-state index contributed by atoms with van der Waals surface area (Å²) in [6, 6.07) is 13.5. The van der Waals surface area contributed by atoms with Crippen LogP contribution in [0.4, 0.5) is 18.9 Å². The Balaban J connectivity index is 2.08. The summed E-state index contributed by atoms with van der Waals surface area (Å²) in [6.45, 7) is 2.61. The van der Waals surface area contributed by atoms with Crippen LogP contribution in [0.1, 0.15) is 41.9 Å². The molecule has 0 atom stereocenters. The van der Waals surface area contributed by atoms with Crippen LogP contribution in [0.2, 0.25) is 0 Å². The van der Waals surface area contributed by atoms with Crippen LogP contribution in [0.3, 0.4) is 0 Å². The summed E-state index contributed by atoms with van der Waals surface area (Å²) < 4.78 is 41.3. The fourth-order valence-electron chi connectivity index (χ4n) is 3.38. The molecule has 0 saturated heterocycles. The topological polar surface area (TPSA) is 99.3 Å². The van der Waals surface area contributed by atoms with Gasteiger partial charge < -0.3 is 0 Å². The number of rotatable bonds is 6. The van der Waals surface area contributed by atoms with Crippen LogP contribution in [-0.2, 0) is 15.8 Å². The number of hydrogen-bond donors (Lipinski definition) is 0. The van der Waals surface area contributed by atoms with E-state index in [9.17, 15) is 27.6 Å². The molecule has 0 saturated carbocycles. The van der Waals surface area contributed by atoms with Gasteiger partial charge in [-0.2, -0.15) is 23.5 Å². The molecule has 2 aromatic carbocycles. The van der Waals surface area contributed by atoms with Crippen molar-refractivity contribution in [2.45, 2.75) is 26.4 Å². The Morgan fingerprint density at radius 3 is 2.34 bits per heavy atom. The van der Waals surface area contributed by atoms with Gasteiger partial charge in [-0.1, -0.05) is 6.07 Å². The molecule has 35 heavy (non-hydrogen) atoms. The molecule has 8 nitrogen and oxygen atoms in total. The van der Waals surface area contributed by atoms with Crippen molar-refractivity contribution in [2.24, 2.45) is 0 Å². The van der Waals surface area contributed by atoms with Crippen LogP contribution in [0.5, 0.6) is 0 Å². The minimum Gasteiger partial charge on any atom is -0.299 e. The lowest BCUT2D eigenvalue weighted by molar-refractivity contribution is -0.137. The first kappa shape index (κ1) is 25.2. The van der Waals surface area contributed by atoms with Gasteiger partial charge in [0.25, 0.3) is 11.8 Å². The van der Waals surface area contributed by atoms with Gasteiger partial charge >= 0.3 is 6.18 Å². The Labute approximate surface area is 198 Å². The van der Waals surface area contributed by atoms with E-state index in [4.69, 9.17) is 5.26 Å². The monoisotopic (exact) mass is 483 g/mol. The molecule has 0 aliphatic carbocycles. The van der Waals surface area contributed by atoms with Crippen molar-refractivity contribution in [3.05, 3.63) is 77.6 Å². The van der Waals surface area contributed by atoms with Crippen molar-refractivity contribution in [3.8, 4) is 11.8 Å². The van der Waals surface area contributed by atoms with Gasteiger partial charge in [0, 0.05) is 6.54 Å². The molecule has 2 amide bonds. The average molecular weight is 483 g/mol. The first-order chi connectivity index (χ1) is 16.6. The number of hydrogen-bond acceptors (Lipinski definition) is 5. The molecule has 180 valence electrons. The highest BCUT2D eigenvalue weighted by molar-refractivity contribution is 6.07. The van der Waals surface area contributed by atoms with E-state index < -0.39 is 35.8 Å². The highest BCUT2D eigenvalue weighted by Crippen LogP contribution is 2.32. The van der Waals surface area contributed by atoms with Crippen LogP contribution in [-0.4, -0.2) is 38.9 Å². The highest BCUT2D eigenvalue weighted by atomic mass is 19.4. The summed E-state index contributed by atoms with van der Waals surface area (Å²) in [5, 5.41) is 14.9. The van der Waals surface area contributed by atoms with E-state index in [-0.39, 0.29) is 17.9 Å². The third-order valence-corrected chi connectivity index (χ3v) is 4.93. The summed E-state index contributed by atoms with van der Waals surface area (Å²) in [7, 11) is 0. The highest BCUT2D eigenvalue weighted by Gasteiger charge is 2.34. The van der Waals surface area contributed by atoms with Gasteiger partial charge in [0.15, 0.2) is 0 Å². The third kappa shape index (κ3) is 5.55. The van der Waals surface area contributed by atoms with E-state index in [1.807, 2.05) is 6.07 Å². The summed E-state index contributed by atoms with van der Waals surface area (Å²) in [4.78, 5) is 38.2. The Hall–Kier alpha value is -4.46. The summed E-state index contributed by atoms with van der Waals surface area (Å²) in [5.41, 5.74) is -0.361. The molecule has 11 heteroatoms. The molecule has 3 rings (SSSR count). The second-order valence-corrected chi connectivity index (χ2v) is 7.44. The maximum absolute atomic E-state index is 13.6. The van der Waals surface area contributed by atoms with E-state index in [1.54, 1.807) is 19.1 Å². The standard InChI is InChI=1S/C24H20F3N5O3/c1-3-30(23(35)21-11-12-29-31(21)19-9-7-17(15-28)8-10-19)32(22(34)13-16(2)33)20-6-4-5-18(14-20)24(25,26)27/h4-12,14H,3,13H2,1-2H3. The third-order valence-electron chi connectivity index (χ3n) is 4.93. The predicted molar refractivity (Wildman–Crippen MR) is 119 cm³/mol. The number of amides is 2. The Kier molecular flexibility index (Phi) is 7.34. The fraction of sp³-hybridized carbons (Fsp3) is 0.208. The van der Waals surface area contributed by atoms with Crippen LogP contribution in [0.25, 0.3) is 5.69 Å². The second-order valence-electron chi connectivity index (χ2n) is 7.44. The number of nitriles is 1. The molecule has 0 fully saturated rings. The molecular weight excluding hydrogens is 463 g/mol. The van der Waals surface area contributed by atoms with Gasteiger partial charge in [0.1, 0.15) is 11.5 Å². The van der Waals surface area contributed by atoms with E-state index in [2.05, 4.69) is 5.10 Å². The maximum atomic E-state index is 13.6. The second kappa shape index (κ2) is 10.2. The van der Waals surface area contributed by atoms with Crippen molar-refractivity contribution >= 4 is 23.3 Å². The molecule has 0 spiro atoms. The number of aromatic nitrogens is 2. The van der Waals surface area contributed by atoms with Gasteiger partial charge in [-0.25, -0.2) is 14.7 Å². The SMILES string of the molecule is CCN(C(=O)c1ccnn1-c1ccc(C#N)cc1)N(C(=O)CC(C)=O)c1cccc(C(F)(F)F)c1. The summed E-state index contributed by atoms with van der Waals surface area (Å²) >= 11 is 0. The predicted octanol–water partition coefficient (Wildman–Crippen LogP) is 4.15. The van der Waals surface area contributed by atoms with Crippen LogP contribution >= 0.6 is 0 Å². The minimum absolute atomic E-state index is 0.0177. The zero-order valence-corrected chi connectivity index (χ0v) is 18.8. The molecule has 0 N–H and O–H groups in total. The zero-order chi connectivity index (χ0) is 25.8. The van der Waals surface area contributed by atoms with E-state index >= 15 is 0 Å². The number of nitrogens with zero attached hydrogens (tertiary/aromatic N) is 5. The number of carbonyl (C=O) groups is 3. The van der Waals surface area contributed by atoms with Crippen LogP contribution < -0.4 is 5.01 Å². The molecule has 0 aliphatic heterocycles. The Bertz CT molecular complexity index is 1290. The Morgan fingerprint density at radius 2 is 1.77 bits per heavy atom. The number of alkyl halides is 3. The normalized spacial score (nSPS) is 11.0. The van der Waals surface area contributed by atoms with Gasteiger partial charge in [-0.15, -0.1) is 0 Å². The lowest BCUT2D eigenvalue weighted by Crippen LogP contribution is -2.51. The minimum atomic E-state index is -4.68. The van der Waals surface area contributed by atoms with E-state index in [0.717, 1.165) is 28.2 Å². The Morgan fingerprint density at radius 1 is 1.09 bits per heavy atom. The van der Waals surface area contributed by atoms with Gasteiger partial charge in [-0.3, -0.25) is 14.4 Å². The first-order valence-corrected chi connectivity index (χ1v) is 10.4. The quantitative estimate of drug-likeness (QED) is 0.387. The van der Waals surface area contributed by atoms with Crippen molar-refractivity contribution in [3.63, 3.8) is 0 Å². The number of benzene rings is 2. The van der Waals surface area contributed by atoms with Crippen molar-refractivity contribution in [1.29, 1.82) is 5.26 Å². The van der Waals surface area contributed by atoms with Crippen LogP contribution in [0.15, 0.2) is 60.8 Å². The van der Waals surface area contributed by atoms with Crippen molar-refractivity contribution < 1.29 is 27.6 Å². The van der Waals surface area contributed by atoms with E-state index in [0.29, 0.717) is 11.3 Å². The largest absolute Gasteiger partial charge is 0.416 e. The number of hydrazine groups is 1. The maximum Gasteiger partial charge on any atom is 0.416 e. The average Bonchev–Trinajstić information content (AvgIpc) is 3.31. The van der Waals surface area contributed by atoms with Gasteiger partial charge in [0.2, 0.25) is 0 Å². The molecule has 0 radical (unpaired) electrons. The lowest BCUT2D eigenvalue weighted by atomic mass is 10.1. The number of Topliss-reactive ketones (excluding diaryl/α,β-unsaturated/α-hetero) is 1. The number of carbonyl (C=O) groups excluding carboxylic acids is 3. The molecule has 1 aromatic heterocycles. The van der Waals surface area contributed by atoms with Crippen molar-refractivity contribution in [1.82, 2.24) is 14.8 Å². The smallest absolute Gasteiger partial charge is 0.299 e. The molecule has 0 aliphatic rings. The molecule has 0 unspecified atom stereocenters. The molecular formula is C24H20F3N5O3. The molecule has 1 heterocycles. The first-order valence-electron chi connectivity index (χ1n) is 10.4. The number of anilines is 1. The zero-order valence-electron chi connectivity index (χ0n) is 18.8. The van der Waals surface area contributed by atoms with Gasteiger partial charge in [0.05, 0.1) is 41.2 Å². The lowest BCUT2D eigenvalue weighted by Gasteiger charge is -2.34. The molecule has 0 bridgehead atoms. The number of ketones is 1.